The number of nitrogens with one attached hydrogen (secondary N) is 1. The molecule has 17 heavy (non-hydrogen) atoms. The summed E-state index contributed by atoms with van der Waals surface area (Å²) in [6.07, 6.45) is -1.13. The molecule has 5 heteroatoms. The molecule has 1 atom stereocenters. The molecule has 0 saturated heterocycles. The van der Waals surface area contributed by atoms with Crippen LogP contribution < -0.4 is 10.2 Å². The van der Waals surface area contributed by atoms with Crippen molar-refractivity contribution in [3.63, 3.8) is 0 Å². The van der Waals surface area contributed by atoms with Crippen LogP contribution in [-0.4, -0.2) is 42.9 Å². The van der Waals surface area contributed by atoms with Gasteiger partial charge in [0.05, 0.1) is 12.5 Å². The van der Waals surface area contributed by atoms with Gasteiger partial charge in [-0.2, -0.15) is 0 Å². The van der Waals surface area contributed by atoms with E-state index in [2.05, 4.69) is 5.32 Å². The van der Waals surface area contributed by atoms with Gasteiger partial charge in [0, 0.05) is 32.0 Å². The zero-order valence-electron chi connectivity index (χ0n) is 10.1. The Balaban J connectivity index is 2.51. The van der Waals surface area contributed by atoms with Crippen molar-refractivity contribution < 1.29 is 15.0 Å². The molecule has 0 amide bonds. The van der Waals surface area contributed by atoms with E-state index in [1.807, 2.05) is 43.3 Å². The highest BCUT2D eigenvalue weighted by atomic mass is 16.4. The summed E-state index contributed by atoms with van der Waals surface area (Å²) in [6, 6.07) is 7.69. The lowest BCUT2D eigenvalue weighted by molar-refractivity contribution is -0.138. The van der Waals surface area contributed by atoms with Crippen LogP contribution in [0, 0.1) is 0 Å². The minimum Gasteiger partial charge on any atom is -0.481 e. The van der Waals surface area contributed by atoms with Crippen LogP contribution in [0.4, 0.5) is 11.4 Å². The Morgan fingerprint density at radius 1 is 1.47 bits per heavy atom. The van der Waals surface area contributed by atoms with Gasteiger partial charge in [0.2, 0.25) is 0 Å². The van der Waals surface area contributed by atoms with E-state index in [1.54, 1.807) is 0 Å². The Labute approximate surface area is 101 Å². The summed E-state index contributed by atoms with van der Waals surface area (Å²) < 4.78 is 0. The summed E-state index contributed by atoms with van der Waals surface area (Å²) >= 11 is 0. The van der Waals surface area contributed by atoms with Crippen LogP contribution in [-0.2, 0) is 4.79 Å². The monoisotopic (exact) mass is 238 g/mol. The molecule has 0 aliphatic rings. The molecule has 0 heterocycles. The predicted octanol–water partition coefficient (Wildman–Crippen LogP) is 1.00. The number of nitrogens with zero attached hydrogens (tertiary/aromatic N) is 1. The summed E-state index contributed by atoms with van der Waals surface area (Å²) in [5.41, 5.74) is 1.91. The number of anilines is 2. The number of carboxylic acids is 1. The molecule has 0 bridgehead atoms. The maximum absolute atomic E-state index is 10.4. The van der Waals surface area contributed by atoms with Gasteiger partial charge in [-0.3, -0.25) is 4.79 Å². The van der Waals surface area contributed by atoms with E-state index in [9.17, 15) is 9.90 Å². The molecule has 1 aromatic rings. The first-order valence-corrected chi connectivity index (χ1v) is 5.40. The van der Waals surface area contributed by atoms with Gasteiger partial charge in [0.1, 0.15) is 0 Å². The lowest BCUT2D eigenvalue weighted by Crippen LogP contribution is -2.22. The first-order chi connectivity index (χ1) is 7.99. The van der Waals surface area contributed by atoms with Gasteiger partial charge in [0.25, 0.3) is 0 Å². The lowest BCUT2D eigenvalue weighted by atomic mass is 10.2. The largest absolute Gasteiger partial charge is 0.481 e. The Bertz CT molecular complexity index is 380. The zero-order chi connectivity index (χ0) is 12.8. The first kappa shape index (κ1) is 13.3. The molecule has 94 valence electrons. The second-order valence-electron chi connectivity index (χ2n) is 4.08. The van der Waals surface area contributed by atoms with Crippen molar-refractivity contribution in [2.75, 3.05) is 30.9 Å². The number of hydrogen-bond donors (Lipinski definition) is 3. The average Bonchev–Trinajstić information content (AvgIpc) is 2.26. The third-order valence-electron chi connectivity index (χ3n) is 2.31. The maximum Gasteiger partial charge on any atom is 0.306 e. The Morgan fingerprint density at radius 3 is 2.76 bits per heavy atom. The normalized spacial score (nSPS) is 11.9. The fourth-order valence-corrected chi connectivity index (χ4v) is 1.40. The summed E-state index contributed by atoms with van der Waals surface area (Å²) in [4.78, 5) is 12.3. The third-order valence-corrected chi connectivity index (χ3v) is 2.31. The fourth-order valence-electron chi connectivity index (χ4n) is 1.40. The van der Waals surface area contributed by atoms with Crippen LogP contribution in [0.25, 0.3) is 0 Å². The summed E-state index contributed by atoms with van der Waals surface area (Å²) in [5, 5.41) is 20.9. The van der Waals surface area contributed by atoms with Crippen molar-refractivity contribution in [2.24, 2.45) is 0 Å². The van der Waals surface area contributed by atoms with Crippen LogP contribution in [0.15, 0.2) is 24.3 Å². The molecular weight excluding hydrogens is 220 g/mol. The number of carbonyl (C=O) groups is 1. The predicted molar refractivity (Wildman–Crippen MR) is 67.5 cm³/mol. The van der Waals surface area contributed by atoms with Crippen LogP contribution in [0.3, 0.4) is 0 Å². The van der Waals surface area contributed by atoms with Crippen molar-refractivity contribution in [1.82, 2.24) is 0 Å². The van der Waals surface area contributed by atoms with Gasteiger partial charge in [-0.15, -0.1) is 0 Å². The van der Waals surface area contributed by atoms with E-state index in [4.69, 9.17) is 5.11 Å². The van der Waals surface area contributed by atoms with E-state index < -0.39 is 12.1 Å². The molecule has 0 fully saturated rings. The van der Waals surface area contributed by atoms with Gasteiger partial charge in [-0.25, -0.2) is 0 Å². The molecule has 1 aromatic carbocycles. The molecular formula is C12H18N2O3. The highest BCUT2D eigenvalue weighted by Gasteiger charge is 2.08. The van der Waals surface area contributed by atoms with Crippen molar-refractivity contribution in [1.29, 1.82) is 0 Å². The zero-order valence-corrected chi connectivity index (χ0v) is 10.1. The van der Waals surface area contributed by atoms with Gasteiger partial charge < -0.3 is 20.4 Å². The van der Waals surface area contributed by atoms with Crippen LogP contribution in [0.1, 0.15) is 6.42 Å². The van der Waals surface area contributed by atoms with Crippen molar-refractivity contribution in [3.05, 3.63) is 24.3 Å². The third kappa shape index (κ3) is 4.74. The molecule has 5 nitrogen and oxygen atoms in total. The SMILES string of the molecule is CN(C)c1cccc(NCC(O)CC(=O)O)c1. The minimum absolute atomic E-state index is 0.225. The summed E-state index contributed by atoms with van der Waals surface area (Å²) in [5.74, 6) is -0.999. The highest BCUT2D eigenvalue weighted by Crippen LogP contribution is 2.17. The maximum atomic E-state index is 10.4. The molecule has 0 aliphatic heterocycles. The molecule has 0 aromatic heterocycles. The molecule has 1 unspecified atom stereocenters. The van der Waals surface area contributed by atoms with E-state index >= 15 is 0 Å². The van der Waals surface area contributed by atoms with E-state index in [0.717, 1.165) is 11.4 Å². The number of aliphatic carboxylic acids is 1. The quantitative estimate of drug-likeness (QED) is 0.689. The van der Waals surface area contributed by atoms with E-state index in [1.165, 1.54) is 0 Å². The fraction of sp³-hybridized carbons (Fsp3) is 0.417. The van der Waals surface area contributed by atoms with Gasteiger partial charge >= 0.3 is 5.97 Å². The molecule has 0 saturated carbocycles. The lowest BCUT2D eigenvalue weighted by Gasteiger charge is -2.15. The second-order valence-corrected chi connectivity index (χ2v) is 4.08. The molecule has 0 radical (unpaired) electrons. The number of carboxylic acid groups (broad SMARTS) is 1. The van der Waals surface area contributed by atoms with Crippen molar-refractivity contribution in [2.45, 2.75) is 12.5 Å². The molecule has 3 N–H and O–H groups in total. The smallest absolute Gasteiger partial charge is 0.306 e. The van der Waals surface area contributed by atoms with Crippen molar-refractivity contribution in [3.8, 4) is 0 Å². The van der Waals surface area contributed by atoms with Crippen LogP contribution in [0.2, 0.25) is 0 Å². The number of aliphatic hydroxyl groups excluding tert-OH is 1. The Morgan fingerprint density at radius 2 is 2.18 bits per heavy atom. The van der Waals surface area contributed by atoms with Gasteiger partial charge in [-0.1, -0.05) is 6.07 Å². The number of aliphatic hydroxyl groups is 1. The number of rotatable bonds is 6. The Kier molecular flexibility index (Phi) is 4.78. The summed E-state index contributed by atoms with van der Waals surface area (Å²) in [6.45, 7) is 0.225. The average molecular weight is 238 g/mol. The van der Waals surface area contributed by atoms with Gasteiger partial charge in [0.15, 0.2) is 0 Å². The highest BCUT2D eigenvalue weighted by molar-refractivity contribution is 5.67. The number of hydrogen-bond acceptors (Lipinski definition) is 4. The topological polar surface area (TPSA) is 72.8 Å². The van der Waals surface area contributed by atoms with E-state index in [0.29, 0.717) is 0 Å². The first-order valence-electron chi connectivity index (χ1n) is 5.40. The Hall–Kier alpha value is -1.75. The van der Waals surface area contributed by atoms with Crippen LogP contribution >= 0.6 is 0 Å². The standard InChI is InChI=1S/C12H18N2O3/c1-14(2)10-5-3-4-9(6-10)13-8-11(15)7-12(16)17/h3-6,11,13,15H,7-8H2,1-2H3,(H,16,17). The second kappa shape index (κ2) is 6.10. The van der Waals surface area contributed by atoms with Gasteiger partial charge in [-0.05, 0) is 18.2 Å². The van der Waals surface area contributed by atoms with Crippen LogP contribution in [0.5, 0.6) is 0 Å². The minimum atomic E-state index is -0.999. The summed E-state index contributed by atoms with van der Waals surface area (Å²) in [7, 11) is 3.89. The number of benzene rings is 1. The van der Waals surface area contributed by atoms with Crippen molar-refractivity contribution >= 4 is 17.3 Å². The molecule has 1 rings (SSSR count). The molecule has 0 aliphatic carbocycles. The van der Waals surface area contributed by atoms with E-state index in [-0.39, 0.29) is 13.0 Å². The molecule has 0 spiro atoms.